The van der Waals surface area contributed by atoms with Gasteiger partial charge in [-0.25, -0.2) is 13.4 Å². The minimum absolute atomic E-state index is 0.0394. The van der Waals surface area contributed by atoms with Crippen molar-refractivity contribution in [1.29, 1.82) is 0 Å². The molecule has 7 nitrogen and oxygen atoms in total. The Morgan fingerprint density at radius 1 is 1.44 bits per heavy atom. The Morgan fingerprint density at radius 2 is 2.24 bits per heavy atom. The van der Waals surface area contributed by atoms with Gasteiger partial charge < -0.3 is 14.6 Å². The number of para-hydroxylation sites is 2. The zero-order valence-corrected chi connectivity index (χ0v) is 15.6. The first-order valence-corrected chi connectivity index (χ1v) is 10.9. The van der Waals surface area contributed by atoms with Crippen LogP contribution in [0.1, 0.15) is 6.42 Å². The number of carbonyl (C=O) groups is 1. The van der Waals surface area contributed by atoms with E-state index < -0.39 is 9.84 Å². The standard InChI is InChI=1S/C16H21N3O4S2/c1-23-8-7-19(12-6-9-25(21,22)11-12)15(20)10-24-16-17-13-4-2-3-5-14(13)18-16/h2-5,12H,6-11H2,1H3,(H,17,18)/t12-/m0/s1. The van der Waals surface area contributed by atoms with E-state index in [1.165, 1.54) is 11.8 Å². The molecule has 2 aromatic rings. The summed E-state index contributed by atoms with van der Waals surface area (Å²) in [4.78, 5) is 21.9. The van der Waals surface area contributed by atoms with Crippen molar-refractivity contribution < 1.29 is 17.9 Å². The molecule has 0 radical (unpaired) electrons. The number of aromatic amines is 1. The number of carbonyl (C=O) groups excluding carboxylic acids is 1. The highest BCUT2D eigenvalue weighted by Crippen LogP contribution is 2.22. The largest absolute Gasteiger partial charge is 0.383 e. The number of sulfone groups is 1. The monoisotopic (exact) mass is 383 g/mol. The van der Waals surface area contributed by atoms with Crippen LogP contribution in [0.2, 0.25) is 0 Å². The Morgan fingerprint density at radius 3 is 2.92 bits per heavy atom. The van der Waals surface area contributed by atoms with Crippen LogP contribution in [0.25, 0.3) is 11.0 Å². The van der Waals surface area contributed by atoms with E-state index >= 15 is 0 Å². The second kappa shape index (κ2) is 7.76. The number of aromatic nitrogens is 2. The van der Waals surface area contributed by atoms with Crippen LogP contribution in [-0.4, -0.2) is 72.8 Å². The number of nitrogens with one attached hydrogen (secondary N) is 1. The fourth-order valence-corrected chi connectivity index (χ4v) is 5.43. The van der Waals surface area contributed by atoms with Crippen LogP contribution in [0, 0.1) is 0 Å². The van der Waals surface area contributed by atoms with Gasteiger partial charge in [0.1, 0.15) is 0 Å². The van der Waals surface area contributed by atoms with E-state index in [2.05, 4.69) is 9.97 Å². The molecule has 0 bridgehead atoms. The second-order valence-corrected chi connectivity index (χ2v) is 9.18. The summed E-state index contributed by atoms with van der Waals surface area (Å²) in [6.07, 6.45) is 0.493. The van der Waals surface area contributed by atoms with Crippen LogP contribution in [-0.2, 0) is 19.4 Å². The van der Waals surface area contributed by atoms with Crippen molar-refractivity contribution in [2.75, 3.05) is 37.5 Å². The molecular formula is C16H21N3O4S2. The summed E-state index contributed by atoms with van der Waals surface area (Å²) in [6.45, 7) is 0.786. The van der Waals surface area contributed by atoms with Gasteiger partial charge in [0.15, 0.2) is 15.0 Å². The average molecular weight is 383 g/mol. The summed E-state index contributed by atoms with van der Waals surface area (Å²) in [5, 5.41) is 0.681. The van der Waals surface area contributed by atoms with Crippen molar-refractivity contribution in [3.05, 3.63) is 24.3 Å². The number of ether oxygens (including phenoxy) is 1. The minimum Gasteiger partial charge on any atom is -0.383 e. The lowest BCUT2D eigenvalue weighted by molar-refractivity contribution is -0.130. The Kier molecular flexibility index (Phi) is 5.65. The maximum atomic E-state index is 12.6. The molecular weight excluding hydrogens is 362 g/mol. The molecule has 25 heavy (non-hydrogen) atoms. The van der Waals surface area contributed by atoms with Gasteiger partial charge >= 0.3 is 0 Å². The van der Waals surface area contributed by atoms with Crippen LogP contribution < -0.4 is 0 Å². The number of amides is 1. The van der Waals surface area contributed by atoms with Crippen molar-refractivity contribution in [1.82, 2.24) is 14.9 Å². The number of hydrogen-bond acceptors (Lipinski definition) is 6. The Bertz CT molecular complexity index is 817. The number of methoxy groups -OCH3 is 1. The van der Waals surface area contributed by atoms with Gasteiger partial charge in [0, 0.05) is 19.7 Å². The van der Waals surface area contributed by atoms with Crippen LogP contribution in [0.4, 0.5) is 0 Å². The maximum Gasteiger partial charge on any atom is 0.233 e. The third-order valence-corrected chi connectivity index (χ3v) is 6.81. The number of benzene rings is 1. The number of imidazole rings is 1. The molecule has 1 amide bonds. The van der Waals surface area contributed by atoms with Crippen LogP contribution in [0.15, 0.2) is 29.4 Å². The topological polar surface area (TPSA) is 92.4 Å². The zero-order valence-electron chi connectivity index (χ0n) is 14.0. The first-order valence-electron chi connectivity index (χ1n) is 8.05. The van der Waals surface area contributed by atoms with Crippen LogP contribution in [0.3, 0.4) is 0 Å². The van der Waals surface area contributed by atoms with E-state index in [1.807, 2.05) is 24.3 Å². The highest BCUT2D eigenvalue weighted by molar-refractivity contribution is 7.99. The third-order valence-electron chi connectivity index (χ3n) is 4.21. The van der Waals surface area contributed by atoms with E-state index in [-0.39, 0.29) is 29.2 Å². The SMILES string of the molecule is COCCN(C(=O)CSc1nc2ccccc2[nH]1)[C@H]1CCS(=O)(=O)C1. The summed E-state index contributed by atoms with van der Waals surface area (Å²) in [7, 11) is -1.48. The number of rotatable bonds is 7. The molecule has 9 heteroatoms. The molecule has 0 unspecified atom stereocenters. The van der Waals surface area contributed by atoms with Crippen LogP contribution in [0.5, 0.6) is 0 Å². The minimum atomic E-state index is -3.04. The van der Waals surface area contributed by atoms with Gasteiger partial charge in [-0.05, 0) is 18.6 Å². The number of thioether (sulfide) groups is 1. The fraction of sp³-hybridized carbons (Fsp3) is 0.500. The molecule has 1 aliphatic rings. The Balaban J connectivity index is 1.65. The molecule has 1 saturated heterocycles. The summed E-state index contributed by atoms with van der Waals surface area (Å²) in [5.74, 6) is 0.299. The lowest BCUT2D eigenvalue weighted by Gasteiger charge is -2.27. The second-order valence-electron chi connectivity index (χ2n) is 5.98. The van der Waals surface area contributed by atoms with Gasteiger partial charge in [-0.15, -0.1) is 0 Å². The molecule has 1 aromatic heterocycles. The maximum absolute atomic E-state index is 12.6. The van der Waals surface area contributed by atoms with Crippen LogP contribution >= 0.6 is 11.8 Å². The number of hydrogen-bond donors (Lipinski definition) is 1. The van der Waals surface area contributed by atoms with E-state index in [0.717, 1.165) is 11.0 Å². The fourth-order valence-electron chi connectivity index (χ4n) is 2.93. The normalized spacial score (nSPS) is 19.3. The van der Waals surface area contributed by atoms with Crippen molar-refractivity contribution in [3.8, 4) is 0 Å². The highest BCUT2D eigenvalue weighted by atomic mass is 32.2. The highest BCUT2D eigenvalue weighted by Gasteiger charge is 2.34. The molecule has 0 spiro atoms. The molecule has 3 rings (SSSR count). The predicted octanol–water partition coefficient (Wildman–Crippen LogP) is 1.32. The van der Waals surface area contributed by atoms with E-state index in [4.69, 9.17) is 4.74 Å². The number of fused-ring (bicyclic) bond motifs is 1. The van der Waals surface area contributed by atoms with E-state index in [9.17, 15) is 13.2 Å². The first-order chi connectivity index (χ1) is 12.0. The summed E-state index contributed by atoms with van der Waals surface area (Å²) in [6, 6.07) is 7.42. The molecule has 1 aliphatic heterocycles. The quantitative estimate of drug-likeness (QED) is 0.725. The number of H-pyrrole nitrogens is 1. The average Bonchev–Trinajstić information content (AvgIpc) is 3.16. The lowest BCUT2D eigenvalue weighted by Crippen LogP contribution is -2.44. The van der Waals surface area contributed by atoms with Crippen molar-refractivity contribution in [2.45, 2.75) is 17.6 Å². The van der Waals surface area contributed by atoms with Gasteiger partial charge in [0.25, 0.3) is 0 Å². The molecule has 2 heterocycles. The summed E-state index contributed by atoms with van der Waals surface area (Å²) in [5.41, 5.74) is 1.78. The summed E-state index contributed by atoms with van der Waals surface area (Å²) < 4.78 is 28.5. The Labute approximate surface area is 151 Å². The zero-order chi connectivity index (χ0) is 17.9. The van der Waals surface area contributed by atoms with Gasteiger partial charge in [-0.1, -0.05) is 23.9 Å². The third kappa shape index (κ3) is 4.53. The smallest absolute Gasteiger partial charge is 0.233 e. The van der Waals surface area contributed by atoms with Gasteiger partial charge in [0.05, 0.1) is 34.9 Å². The Hall–Kier alpha value is -1.58. The summed E-state index contributed by atoms with van der Waals surface area (Å²) >= 11 is 1.33. The molecule has 136 valence electrons. The predicted molar refractivity (Wildman–Crippen MR) is 97.5 cm³/mol. The molecule has 1 N–H and O–H groups in total. The van der Waals surface area contributed by atoms with E-state index in [1.54, 1.807) is 12.0 Å². The lowest BCUT2D eigenvalue weighted by atomic mass is 10.2. The number of nitrogens with zero attached hydrogens (tertiary/aromatic N) is 2. The molecule has 1 aromatic carbocycles. The molecule has 1 atom stereocenters. The van der Waals surface area contributed by atoms with Crippen molar-refractivity contribution in [2.24, 2.45) is 0 Å². The molecule has 0 aliphatic carbocycles. The van der Waals surface area contributed by atoms with Gasteiger partial charge in [-0.3, -0.25) is 4.79 Å². The van der Waals surface area contributed by atoms with E-state index in [0.29, 0.717) is 24.7 Å². The van der Waals surface area contributed by atoms with Crippen molar-refractivity contribution in [3.63, 3.8) is 0 Å². The molecule has 0 saturated carbocycles. The van der Waals surface area contributed by atoms with Crippen molar-refractivity contribution >= 4 is 38.5 Å². The van der Waals surface area contributed by atoms with Gasteiger partial charge in [-0.2, -0.15) is 0 Å². The molecule has 1 fully saturated rings. The first kappa shape index (κ1) is 18.2. The van der Waals surface area contributed by atoms with Gasteiger partial charge in [0.2, 0.25) is 5.91 Å².